The van der Waals surface area contributed by atoms with E-state index in [1.807, 2.05) is 0 Å². The third-order valence-electron chi connectivity index (χ3n) is 4.04. The molecular weight excluding hydrogens is 346 g/mol. The lowest BCUT2D eigenvalue weighted by Crippen LogP contribution is -2.44. The van der Waals surface area contributed by atoms with E-state index >= 15 is 0 Å². The van der Waals surface area contributed by atoms with Gasteiger partial charge in [-0.05, 0) is 30.9 Å². The fraction of sp³-hybridized carbons (Fsp3) is 0.529. The van der Waals surface area contributed by atoms with Crippen LogP contribution >= 0.6 is 12.4 Å². The second-order valence-corrected chi connectivity index (χ2v) is 6.07. The van der Waals surface area contributed by atoms with Crippen LogP contribution in [0.4, 0.5) is 5.69 Å². The fourth-order valence-electron chi connectivity index (χ4n) is 2.45. The van der Waals surface area contributed by atoms with E-state index in [4.69, 9.17) is 15.2 Å². The predicted molar refractivity (Wildman–Crippen MR) is 98.0 cm³/mol. The van der Waals surface area contributed by atoms with Crippen molar-refractivity contribution < 1.29 is 19.1 Å². The van der Waals surface area contributed by atoms with Crippen molar-refractivity contribution in [2.24, 2.45) is 11.7 Å². The monoisotopic (exact) mass is 371 g/mol. The first-order valence-corrected chi connectivity index (χ1v) is 8.04. The largest absolute Gasteiger partial charge is 0.484 e. The molecular formula is C17H26ClN3O4. The quantitative estimate of drug-likeness (QED) is 0.785. The maximum atomic E-state index is 12.3. The first-order chi connectivity index (χ1) is 11.5. The second kappa shape index (κ2) is 10.2. The SMILES string of the molecule is CN(C)C(=O)COc1cccc(NC(=O)C(N)C2CCOCC2)c1.Cl. The van der Waals surface area contributed by atoms with E-state index in [2.05, 4.69) is 5.32 Å². The molecule has 25 heavy (non-hydrogen) atoms. The number of hydrogen-bond acceptors (Lipinski definition) is 5. The summed E-state index contributed by atoms with van der Waals surface area (Å²) in [6.07, 6.45) is 1.59. The minimum atomic E-state index is -0.561. The van der Waals surface area contributed by atoms with Crippen LogP contribution < -0.4 is 15.8 Å². The zero-order valence-corrected chi connectivity index (χ0v) is 15.4. The summed E-state index contributed by atoms with van der Waals surface area (Å²) in [7, 11) is 3.33. The number of benzene rings is 1. The molecule has 3 N–H and O–H groups in total. The summed E-state index contributed by atoms with van der Waals surface area (Å²) in [5.74, 6) is 0.299. The van der Waals surface area contributed by atoms with Gasteiger partial charge in [0.05, 0.1) is 6.04 Å². The van der Waals surface area contributed by atoms with Crippen LogP contribution in [-0.2, 0) is 14.3 Å². The number of halogens is 1. The molecule has 2 rings (SSSR count). The number of amides is 2. The van der Waals surface area contributed by atoms with Crippen molar-refractivity contribution in [2.45, 2.75) is 18.9 Å². The molecule has 1 saturated heterocycles. The molecule has 0 aromatic heterocycles. The number of anilines is 1. The van der Waals surface area contributed by atoms with Gasteiger partial charge in [-0.15, -0.1) is 12.4 Å². The summed E-state index contributed by atoms with van der Waals surface area (Å²) >= 11 is 0. The number of hydrogen-bond donors (Lipinski definition) is 2. The second-order valence-electron chi connectivity index (χ2n) is 6.07. The number of nitrogens with one attached hydrogen (secondary N) is 1. The number of nitrogens with zero attached hydrogens (tertiary/aromatic N) is 1. The molecule has 1 atom stereocenters. The molecule has 1 fully saturated rings. The molecule has 1 aliphatic rings. The molecule has 8 heteroatoms. The smallest absolute Gasteiger partial charge is 0.259 e. The topological polar surface area (TPSA) is 93.9 Å². The summed E-state index contributed by atoms with van der Waals surface area (Å²) in [5.41, 5.74) is 6.66. The van der Waals surface area contributed by atoms with Crippen LogP contribution in [-0.4, -0.2) is 56.7 Å². The predicted octanol–water partition coefficient (Wildman–Crippen LogP) is 1.27. The molecule has 7 nitrogen and oxygen atoms in total. The minimum absolute atomic E-state index is 0. The summed E-state index contributed by atoms with van der Waals surface area (Å²) in [6, 6.07) is 6.36. The van der Waals surface area contributed by atoms with E-state index in [1.54, 1.807) is 38.4 Å². The van der Waals surface area contributed by atoms with Crippen molar-refractivity contribution in [2.75, 3.05) is 39.2 Å². The highest BCUT2D eigenvalue weighted by molar-refractivity contribution is 5.95. The number of likely N-dealkylation sites (N-methyl/N-ethyl adjacent to an activating group) is 1. The molecule has 2 amide bonds. The number of nitrogens with two attached hydrogens (primary N) is 1. The fourth-order valence-corrected chi connectivity index (χ4v) is 2.45. The molecule has 0 radical (unpaired) electrons. The van der Waals surface area contributed by atoms with Crippen LogP contribution in [0.2, 0.25) is 0 Å². The maximum absolute atomic E-state index is 12.3. The summed E-state index contributed by atoms with van der Waals surface area (Å²) < 4.78 is 10.7. The molecule has 1 aromatic rings. The lowest BCUT2D eigenvalue weighted by Gasteiger charge is -2.26. The van der Waals surface area contributed by atoms with Gasteiger partial charge in [-0.2, -0.15) is 0 Å². The summed E-state index contributed by atoms with van der Waals surface area (Å²) in [5, 5.41) is 2.81. The van der Waals surface area contributed by atoms with Gasteiger partial charge in [0.25, 0.3) is 5.91 Å². The van der Waals surface area contributed by atoms with Gasteiger partial charge in [-0.25, -0.2) is 0 Å². The third kappa shape index (κ3) is 6.53. The molecule has 0 bridgehead atoms. The van der Waals surface area contributed by atoms with Crippen molar-refractivity contribution in [3.8, 4) is 5.75 Å². The van der Waals surface area contributed by atoms with Crippen molar-refractivity contribution >= 4 is 29.9 Å². The van der Waals surface area contributed by atoms with Crippen molar-refractivity contribution in [3.63, 3.8) is 0 Å². The Hall–Kier alpha value is -1.83. The molecule has 0 saturated carbocycles. The number of carbonyl (C=O) groups is 2. The van der Waals surface area contributed by atoms with Gasteiger partial charge in [0.15, 0.2) is 6.61 Å². The Bertz CT molecular complexity index is 577. The first kappa shape index (κ1) is 21.2. The molecule has 140 valence electrons. The Morgan fingerprint density at radius 2 is 2.04 bits per heavy atom. The van der Waals surface area contributed by atoms with Gasteiger partial charge >= 0.3 is 0 Å². The average Bonchev–Trinajstić information content (AvgIpc) is 2.60. The zero-order chi connectivity index (χ0) is 17.5. The summed E-state index contributed by atoms with van der Waals surface area (Å²) in [6.45, 7) is 1.25. The van der Waals surface area contributed by atoms with Gasteiger partial charge in [-0.1, -0.05) is 6.07 Å². The normalized spacial score (nSPS) is 15.6. The zero-order valence-electron chi connectivity index (χ0n) is 14.6. The standard InChI is InChI=1S/C17H25N3O4.ClH/c1-20(2)15(21)11-24-14-5-3-4-13(10-14)19-17(22)16(18)12-6-8-23-9-7-12;/h3-5,10,12,16H,6-9,11,18H2,1-2H3,(H,19,22);1H. The minimum Gasteiger partial charge on any atom is -0.484 e. The van der Waals surface area contributed by atoms with E-state index < -0.39 is 6.04 Å². The Kier molecular flexibility index (Phi) is 8.68. The molecule has 0 spiro atoms. The lowest BCUT2D eigenvalue weighted by atomic mass is 9.92. The Balaban J connectivity index is 0.00000312. The Labute approximate surface area is 154 Å². The highest BCUT2D eigenvalue weighted by Gasteiger charge is 2.26. The number of rotatable bonds is 6. The number of carbonyl (C=O) groups excluding carboxylic acids is 2. The van der Waals surface area contributed by atoms with Crippen LogP contribution in [0, 0.1) is 5.92 Å². The van der Waals surface area contributed by atoms with Crippen LogP contribution in [0.25, 0.3) is 0 Å². The molecule has 1 heterocycles. The van der Waals surface area contributed by atoms with Crippen LogP contribution in [0.15, 0.2) is 24.3 Å². The average molecular weight is 372 g/mol. The van der Waals surface area contributed by atoms with E-state index in [1.165, 1.54) is 4.90 Å². The highest BCUT2D eigenvalue weighted by Crippen LogP contribution is 2.21. The first-order valence-electron chi connectivity index (χ1n) is 8.04. The third-order valence-corrected chi connectivity index (χ3v) is 4.04. The molecule has 1 unspecified atom stereocenters. The van der Waals surface area contributed by atoms with E-state index in [0.717, 1.165) is 12.8 Å². The van der Waals surface area contributed by atoms with Crippen LogP contribution in [0.3, 0.4) is 0 Å². The van der Waals surface area contributed by atoms with Crippen molar-refractivity contribution in [1.29, 1.82) is 0 Å². The van der Waals surface area contributed by atoms with Gasteiger partial charge in [0, 0.05) is 39.1 Å². The lowest BCUT2D eigenvalue weighted by molar-refractivity contribution is -0.130. The Morgan fingerprint density at radius 1 is 1.36 bits per heavy atom. The van der Waals surface area contributed by atoms with Gasteiger partial charge < -0.3 is 25.4 Å². The van der Waals surface area contributed by atoms with Gasteiger partial charge in [-0.3, -0.25) is 9.59 Å². The molecule has 0 aliphatic carbocycles. The molecule has 1 aromatic carbocycles. The van der Waals surface area contributed by atoms with E-state index in [0.29, 0.717) is 24.7 Å². The number of ether oxygens (including phenoxy) is 2. The maximum Gasteiger partial charge on any atom is 0.259 e. The Morgan fingerprint density at radius 3 is 2.68 bits per heavy atom. The summed E-state index contributed by atoms with van der Waals surface area (Å²) in [4.78, 5) is 25.3. The van der Waals surface area contributed by atoms with E-state index in [-0.39, 0.29) is 36.7 Å². The van der Waals surface area contributed by atoms with Crippen LogP contribution in [0.5, 0.6) is 5.75 Å². The van der Waals surface area contributed by atoms with E-state index in [9.17, 15) is 9.59 Å². The van der Waals surface area contributed by atoms with Crippen molar-refractivity contribution in [1.82, 2.24) is 4.90 Å². The molecule has 1 aliphatic heterocycles. The van der Waals surface area contributed by atoms with Gasteiger partial charge in [0.1, 0.15) is 5.75 Å². The van der Waals surface area contributed by atoms with Crippen molar-refractivity contribution in [3.05, 3.63) is 24.3 Å². The van der Waals surface area contributed by atoms with Crippen LogP contribution in [0.1, 0.15) is 12.8 Å². The highest BCUT2D eigenvalue weighted by atomic mass is 35.5. The van der Waals surface area contributed by atoms with Gasteiger partial charge in [0.2, 0.25) is 5.91 Å².